The smallest absolute Gasteiger partial charge is 0.192 e. The van der Waals surface area contributed by atoms with E-state index in [9.17, 15) is 0 Å². The Morgan fingerprint density at radius 3 is 2.68 bits per heavy atom. The summed E-state index contributed by atoms with van der Waals surface area (Å²) < 4.78 is 18.0. The molecule has 4 rings (SSSR count). The van der Waals surface area contributed by atoms with E-state index in [1.54, 1.807) is 0 Å². The average molecular weight is 360 g/mol. The van der Waals surface area contributed by atoms with Gasteiger partial charge in [0.15, 0.2) is 11.5 Å². The van der Waals surface area contributed by atoms with E-state index < -0.39 is 5.79 Å². The molecule has 3 aromatic rings. The van der Waals surface area contributed by atoms with Gasteiger partial charge in [0.25, 0.3) is 0 Å². The number of fused-ring (bicyclic) bond motifs is 1. The molecule has 0 atom stereocenters. The Morgan fingerprint density at radius 2 is 1.91 bits per heavy atom. The summed E-state index contributed by atoms with van der Waals surface area (Å²) in [6.07, 6.45) is 0. The zero-order valence-electron chi connectivity index (χ0n) is 12.0. The Hall–Kier alpha value is -1.69. The number of halogens is 1. The second-order valence-electron chi connectivity index (χ2n) is 5.40. The summed E-state index contributed by atoms with van der Waals surface area (Å²) in [5.41, 5.74) is 2.77. The van der Waals surface area contributed by atoms with Gasteiger partial charge in [-0.2, -0.15) is 0 Å². The molecule has 1 fully saturated rings. The van der Waals surface area contributed by atoms with Crippen LogP contribution in [0.15, 0.2) is 51.5 Å². The molecule has 4 nitrogen and oxygen atoms in total. The Bertz CT molecular complexity index is 837. The predicted molar refractivity (Wildman–Crippen MR) is 86.4 cm³/mol. The van der Waals surface area contributed by atoms with Crippen LogP contribution in [-0.2, 0) is 15.3 Å². The predicted octanol–water partition coefficient (Wildman–Crippen LogP) is 4.48. The third-order valence-corrected chi connectivity index (χ3v) is 4.42. The molecule has 0 aliphatic carbocycles. The van der Waals surface area contributed by atoms with Gasteiger partial charge in [-0.05, 0) is 31.2 Å². The van der Waals surface area contributed by atoms with Gasteiger partial charge in [-0.15, -0.1) is 0 Å². The highest BCUT2D eigenvalue weighted by Crippen LogP contribution is 2.36. The number of rotatable bonds is 2. The summed E-state index contributed by atoms with van der Waals surface area (Å²) in [6.45, 7) is 3.15. The maximum absolute atomic E-state index is 5.74. The Kier molecular flexibility index (Phi) is 3.29. The number of ether oxygens (including phenoxy) is 2. The van der Waals surface area contributed by atoms with Crippen molar-refractivity contribution in [2.75, 3.05) is 13.2 Å². The van der Waals surface area contributed by atoms with Gasteiger partial charge in [-0.3, -0.25) is 0 Å². The highest BCUT2D eigenvalue weighted by molar-refractivity contribution is 9.10. The van der Waals surface area contributed by atoms with Gasteiger partial charge < -0.3 is 14.0 Å². The van der Waals surface area contributed by atoms with Crippen LogP contribution in [0.4, 0.5) is 0 Å². The summed E-state index contributed by atoms with van der Waals surface area (Å²) in [5, 5.41) is 5.10. The summed E-state index contributed by atoms with van der Waals surface area (Å²) in [6, 6.07) is 13.9. The number of nitrogens with zero attached hydrogens (tertiary/aromatic N) is 1. The van der Waals surface area contributed by atoms with Crippen molar-refractivity contribution < 1.29 is 14.0 Å². The molecule has 2 aromatic carbocycles. The van der Waals surface area contributed by atoms with Crippen molar-refractivity contribution in [2.24, 2.45) is 0 Å². The standard InChI is InChI=1S/C17H14BrNO3/c1-17(20-7-8-21-17)12-5-6-15-14(10-12)16(22-19-15)11-3-2-4-13(18)9-11/h2-6,9-10H,7-8H2,1H3. The molecule has 0 N–H and O–H groups in total. The highest BCUT2D eigenvalue weighted by Gasteiger charge is 2.33. The van der Waals surface area contributed by atoms with Crippen molar-refractivity contribution in [2.45, 2.75) is 12.7 Å². The summed E-state index contributed by atoms with van der Waals surface area (Å²) in [5.74, 6) is 0.0553. The third-order valence-electron chi connectivity index (χ3n) is 3.93. The van der Waals surface area contributed by atoms with E-state index in [1.807, 2.05) is 49.4 Å². The lowest BCUT2D eigenvalue weighted by molar-refractivity contribution is -0.149. The van der Waals surface area contributed by atoms with Crippen molar-refractivity contribution in [3.63, 3.8) is 0 Å². The largest absolute Gasteiger partial charge is 0.355 e. The molecule has 0 radical (unpaired) electrons. The molecule has 0 saturated carbocycles. The lowest BCUT2D eigenvalue weighted by Gasteiger charge is -2.22. The molecular formula is C17H14BrNO3. The van der Waals surface area contributed by atoms with E-state index in [2.05, 4.69) is 21.1 Å². The van der Waals surface area contributed by atoms with Crippen LogP contribution in [0.5, 0.6) is 0 Å². The second-order valence-corrected chi connectivity index (χ2v) is 6.31. The fraction of sp³-hybridized carbons (Fsp3) is 0.235. The van der Waals surface area contributed by atoms with Crippen LogP contribution in [-0.4, -0.2) is 18.4 Å². The zero-order chi connectivity index (χ0) is 15.2. The zero-order valence-corrected chi connectivity index (χ0v) is 13.6. The molecule has 0 unspecified atom stereocenters. The highest BCUT2D eigenvalue weighted by atomic mass is 79.9. The van der Waals surface area contributed by atoms with E-state index in [0.29, 0.717) is 13.2 Å². The number of benzene rings is 2. The van der Waals surface area contributed by atoms with Crippen LogP contribution >= 0.6 is 15.9 Å². The molecule has 2 heterocycles. The van der Waals surface area contributed by atoms with Crippen LogP contribution in [0.25, 0.3) is 22.2 Å². The molecule has 5 heteroatoms. The summed E-state index contributed by atoms with van der Waals surface area (Å²) in [7, 11) is 0. The fourth-order valence-electron chi connectivity index (χ4n) is 2.74. The van der Waals surface area contributed by atoms with Gasteiger partial charge in [0.1, 0.15) is 5.52 Å². The van der Waals surface area contributed by atoms with Gasteiger partial charge >= 0.3 is 0 Å². The summed E-state index contributed by atoms with van der Waals surface area (Å²) in [4.78, 5) is 0. The van der Waals surface area contributed by atoms with Gasteiger partial charge in [0, 0.05) is 15.6 Å². The first-order chi connectivity index (χ1) is 10.7. The first-order valence-electron chi connectivity index (χ1n) is 7.09. The first kappa shape index (κ1) is 13.9. The van der Waals surface area contributed by atoms with Gasteiger partial charge in [0.2, 0.25) is 0 Å². The van der Waals surface area contributed by atoms with E-state index >= 15 is 0 Å². The van der Waals surface area contributed by atoms with E-state index in [4.69, 9.17) is 14.0 Å². The van der Waals surface area contributed by atoms with Crippen molar-refractivity contribution in [1.82, 2.24) is 5.16 Å². The minimum absolute atomic E-state index is 0.608. The van der Waals surface area contributed by atoms with E-state index in [1.165, 1.54) is 0 Å². The fourth-order valence-corrected chi connectivity index (χ4v) is 3.14. The Balaban J connectivity index is 1.87. The molecule has 1 saturated heterocycles. The maximum Gasteiger partial charge on any atom is 0.192 e. The minimum Gasteiger partial charge on any atom is -0.355 e. The molecular weight excluding hydrogens is 346 g/mol. The molecule has 0 spiro atoms. The molecule has 22 heavy (non-hydrogen) atoms. The Labute approximate surface area is 136 Å². The lowest BCUT2D eigenvalue weighted by atomic mass is 10.0. The Morgan fingerprint density at radius 1 is 1.09 bits per heavy atom. The molecule has 0 bridgehead atoms. The average Bonchev–Trinajstić information content (AvgIpc) is 3.13. The molecule has 1 aromatic heterocycles. The van der Waals surface area contributed by atoms with Crippen molar-refractivity contribution >= 4 is 26.8 Å². The first-order valence-corrected chi connectivity index (χ1v) is 7.89. The van der Waals surface area contributed by atoms with Crippen molar-refractivity contribution in [3.05, 3.63) is 52.5 Å². The normalized spacial score (nSPS) is 17.2. The van der Waals surface area contributed by atoms with Crippen molar-refractivity contribution in [1.29, 1.82) is 0 Å². The lowest BCUT2D eigenvalue weighted by Crippen LogP contribution is -2.22. The minimum atomic E-state index is -0.694. The number of hydrogen-bond acceptors (Lipinski definition) is 4. The quantitative estimate of drug-likeness (QED) is 0.676. The van der Waals surface area contributed by atoms with Crippen LogP contribution in [0.2, 0.25) is 0 Å². The molecule has 1 aliphatic heterocycles. The summed E-state index contributed by atoms with van der Waals surface area (Å²) >= 11 is 3.49. The maximum atomic E-state index is 5.74. The van der Waals surface area contributed by atoms with Crippen LogP contribution in [0.1, 0.15) is 12.5 Å². The SMILES string of the molecule is CC1(c2ccc3noc(-c4cccc(Br)c4)c3c2)OCCO1. The van der Waals surface area contributed by atoms with Gasteiger partial charge in [-0.25, -0.2) is 0 Å². The van der Waals surface area contributed by atoms with E-state index in [0.717, 1.165) is 32.3 Å². The molecule has 1 aliphatic rings. The van der Waals surface area contributed by atoms with Gasteiger partial charge in [0.05, 0.1) is 18.6 Å². The van der Waals surface area contributed by atoms with Crippen LogP contribution in [0, 0.1) is 0 Å². The van der Waals surface area contributed by atoms with Crippen molar-refractivity contribution in [3.8, 4) is 11.3 Å². The third kappa shape index (κ3) is 2.26. The van der Waals surface area contributed by atoms with Gasteiger partial charge in [-0.1, -0.05) is 39.3 Å². The van der Waals surface area contributed by atoms with Crippen LogP contribution in [0.3, 0.4) is 0 Å². The number of hydrogen-bond donors (Lipinski definition) is 0. The van der Waals surface area contributed by atoms with E-state index in [-0.39, 0.29) is 0 Å². The molecule has 112 valence electrons. The monoisotopic (exact) mass is 359 g/mol. The topological polar surface area (TPSA) is 44.5 Å². The van der Waals surface area contributed by atoms with Crippen LogP contribution < -0.4 is 0 Å². The number of aromatic nitrogens is 1. The second kappa shape index (κ2) is 5.19. The molecule has 0 amide bonds.